The zero-order valence-electron chi connectivity index (χ0n) is 15.8. The number of nitrogens with one attached hydrogen (secondary N) is 2. The highest BCUT2D eigenvalue weighted by Crippen LogP contribution is 2.37. The van der Waals surface area contributed by atoms with Crippen molar-refractivity contribution in [2.75, 3.05) is 26.0 Å². The highest BCUT2D eigenvalue weighted by molar-refractivity contribution is 7.20. The number of thiophene rings is 1. The molecule has 3 aromatic rings. The molecule has 0 radical (unpaired) electrons. The minimum Gasteiger partial charge on any atom is -0.453 e. The zero-order chi connectivity index (χ0) is 20.5. The minimum absolute atomic E-state index is 0.270. The number of carbonyl (C=O) groups excluding carboxylic acids is 3. The Morgan fingerprint density at radius 3 is 2.69 bits per heavy atom. The van der Waals surface area contributed by atoms with E-state index in [0.717, 1.165) is 20.7 Å². The van der Waals surface area contributed by atoms with Crippen molar-refractivity contribution >= 4 is 55.8 Å². The van der Waals surface area contributed by atoms with E-state index in [1.54, 1.807) is 11.9 Å². The third-order valence-corrected chi connectivity index (χ3v) is 6.83. The van der Waals surface area contributed by atoms with Gasteiger partial charge in [-0.05, 0) is 24.1 Å². The third kappa shape index (κ3) is 3.56. The van der Waals surface area contributed by atoms with E-state index in [9.17, 15) is 14.4 Å². The van der Waals surface area contributed by atoms with E-state index in [4.69, 9.17) is 4.74 Å². The van der Waals surface area contributed by atoms with Crippen LogP contribution in [-0.2, 0) is 17.7 Å². The van der Waals surface area contributed by atoms with Crippen LogP contribution in [0.3, 0.4) is 0 Å². The lowest BCUT2D eigenvalue weighted by Gasteiger charge is -2.25. The molecule has 0 fully saturated rings. The number of amides is 3. The van der Waals surface area contributed by atoms with Crippen LogP contribution in [0, 0.1) is 0 Å². The molecule has 29 heavy (non-hydrogen) atoms. The average molecular weight is 431 g/mol. The summed E-state index contributed by atoms with van der Waals surface area (Å²) in [5, 5.41) is 6.28. The Morgan fingerprint density at radius 1 is 1.17 bits per heavy atom. The average Bonchev–Trinajstić information content (AvgIpc) is 3.33. The molecule has 0 aliphatic carbocycles. The second-order valence-electron chi connectivity index (χ2n) is 6.37. The number of nitrogens with zero attached hydrogens (tertiary/aromatic N) is 2. The fourth-order valence-corrected chi connectivity index (χ4v) is 5.38. The van der Waals surface area contributed by atoms with Gasteiger partial charge in [-0.3, -0.25) is 9.59 Å². The van der Waals surface area contributed by atoms with E-state index in [1.165, 1.54) is 29.8 Å². The van der Waals surface area contributed by atoms with Crippen LogP contribution >= 0.6 is 22.7 Å². The van der Waals surface area contributed by atoms with E-state index in [1.807, 2.05) is 24.3 Å². The summed E-state index contributed by atoms with van der Waals surface area (Å²) in [6.45, 7) is 0.791. The number of carbonyl (C=O) groups is 3. The molecule has 0 spiro atoms. The molecule has 0 atom stereocenters. The second kappa shape index (κ2) is 7.80. The molecule has 8 nitrogen and oxygen atoms in total. The molecule has 3 heterocycles. The van der Waals surface area contributed by atoms with Crippen LogP contribution < -0.4 is 10.6 Å². The summed E-state index contributed by atoms with van der Waals surface area (Å²) in [5.74, 6) is -0.631. The number of benzene rings is 1. The van der Waals surface area contributed by atoms with Gasteiger partial charge in [-0.15, -0.1) is 22.7 Å². The van der Waals surface area contributed by atoms with Crippen molar-refractivity contribution < 1.29 is 19.1 Å². The van der Waals surface area contributed by atoms with Crippen LogP contribution in [0.25, 0.3) is 10.2 Å². The van der Waals surface area contributed by atoms with E-state index in [-0.39, 0.29) is 11.8 Å². The lowest BCUT2D eigenvalue weighted by Crippen LogP contribution is -2.35. The smallest absolute Gasteiger partial charge is 0.409 e. The first kappa shape index (κ1) is 19.3. The Morgan fingerprint density at radius 2 is 1.97 bits per heavy atom. The predicted octanol–water partition coefficient (Wildman–Crippen LogP) is 3.09. The number of fused-ring (bicyclic) bond motifs is 2. The summed E-state index contributed by atoms with van der Waals surface area (Å²) >= 11 is 2.60. The van der Waals surface area contributed by atoms with Gasteiger partial charge in [0.25, 0.3) is 11.8 Å². The lowest BCUT2D eigenvalue weighted by atomic mass is 10.0. The Balaban J connectivity index is 1.66. The lowest BCUT2D eigenvalue weighted by molar-refractivity contribution is 0.0962. The first-order chi connectivity index (χ1) is 14.0. The van der Waals surface area contributed by atoms with Crippen LogP contribution in [0.1, 0.15) is 30.6 Å². The van der Waals surface area contributed by atoms with Crippen molar-refractivity contribution in [3.8, 4) is 0 Å². The zero-order valence-corrected chi connectivity index (χ0v) is 17.4. The molecule has 2 N–H and O–H groups in total. The molecule has 1 aliphatic rings. The van der Waals surface area contributed by atoms with Crippen molar-refractivity contribution in [1.82, 2.24) is 15.2 Å². The van der Waals surface area contributed by atoms with Crippen molar-refractivity contribution in [2.24, 2.45) is 0 Å². The van der Waals surface area contributed by atoms with Gasteiger partial charge in [-0.2, -0.15) is 0 Å². The molecule has 1 aromatic carbocycles. The number of ether oxygens (including phenoxy) is 1. The van der Waals surface area contributed by atoms with Crippen molar-refractivity contribution in [1.29, 1.82) is 0 Å². The number of aromatic nitrogens is 1. The van der Waals surface area contributed by atoms with Gasteiger partial charge in [0.15, 0.2) is 5.01 Å². The van der Waals surface area contributed by atoms with Gasteiger partial charge in [0.05, 0.1) is 29.4 Å². The normalized spacial score (nSPS) is 13.1. The maximum Gasteiger partial charge on any atom is 0.409 e. The number of para-hydroxylation sites is 1. The molecule has 0 unspecified atom stereocenters. The Hall–Kier alpha value is -2.98. The van der Waals surface area contributed by atoms with Gasteiger partial charge < -0.3 is 20.3 Å². The van der Waals surface area contributed by atoms with Gasteiger partial charge in [0, 0.05) is 18.5 Å². The van der Waals surface area contributed by atoms with Crippen molar-refractivity contribution in [3.05, 3.63) is 45.3 Å². The number of thiazole rings is 1. The standard InChI is InChI=1S/C19H18N4O4S2/c1-20-15(24)14-10-7-8-23(19(26)27-2)9-13(10)29-17(14)22-16(25)18-21-11-5-3-4-6-12(11)28-18/h3-6H,7-9H2,1-2H3,(H,20,24)(H,22,25). The summed E-state index contributed by atoms with van der Waals surface area (Å²) in [6.07, 6.45) is 0.103. The summed E-state index contributed by atoms with van der Waals surface area (Å²) in [6, 6.07) is 7.52. The van der Waals surface area contributed by atoms with Crippen LogP contribution in [0.15, 0.2) is 24.3 Å². The first-order valence-electron chi connectivity index (χ1n) is 8.88. The van der Waals surface area contributed by atoms with Gasteiger partial charge in [0.2, 0.25) is 0 Å². The summed E-state index contributed by atoms with van der Waals surface area (Å²) in [4.78, 5) is 44.0. The highest BCUT2D eigenvalue weighted by Gasteiger charge is 2.30. The molecule has 0 saturated carbocycles. The van der Waals surface area contributed by atoms with Crippen LogP contribution in [0.5, 0.6) is 0 Å². The topological polar surface area (TPSA) is 101 Å². The van der Waals surface area contributed by atoms with Crippen LogP contribution in [0.2, 0.25) is 0 Å². The van der Waals surface area contributed by atoms with E-state index in [0.29, 0.717) is 35.1 Å². The van der Waals surface area contributed by atoms with Gasteiger partial charge in [-0.25, -0.2) is 9.78 Å². The summed E-state index contributed by atoms with van der Waals surface area (Å²) in [5.41, 5.74) is 2.06. The SMILES string of the molecule is CNC(=O)c1c(NC(=O)c2nc3ccccc3s2)sc2c1CCN(C(=O)OC)C2. The van der Waals surface area contributed by atoms with E-state index < -0.39 is 6.09 Å². The largest absolute Gasteiger partial charge is 0.453 e. The summed E-state index contributed by atoms with van der Waals surface area (Å²) < 4.78 is 5.72. The molecular formula is C19H18N4O4S2. The molecule has 4 rings (SSSR count). The van der Waals surface area contributed by atoms with Crippen molar-refractivity contribution in [3.63, 3.8) is 0 Å². The number of rotatable bonds is 3. The Labute approximate surface area is 174 Å². The monoisotopic (exact) mass is 430 g/mol. The van der Waals surface area contributed by atoms with E-state index in [2.05, 4.69) is 15.6 Å². The Kier molecular flexibility index (Phi) is 5.20. The van der Waals surface area contributed by atoms with Gasteiger partial charge in [-0.1, -0.05) is 12.1 Å². The summed E-state index contributed by atoms with van der Waals surface area (Å²) in [7, 11) is 2.89. The molecule has 1 aliphatic heterocycles. The maximum atomic E-state index is 12.8. The molecule has 0 bridgehead atoms. The van der Waals surface area contributed by atoms with Crippen molar-refractivity contribution in [2.45, 2.75) is 13.0 Å². The fourth-order valence-electron chi connectivity index (χ4n) is 3.27. The second-order valence-corrected chi connectivity index (χ2v) is 8.51. The Bertz CT molecular complexity index is 1090. The number of anilines is 1. The quantitative estimate of drug-likeness (QED) is 0.665. The molecular weight excluding hydrogens is 412 g/mol. The van der Waals surface area contributed by atoms with Crippen LogP contribution in [-0.4, -0.2) is 48.5 Å². The molecule has 2 aromatic heterocycles. The van der Waals surface area contributed by atoms with Crippen LogP contribution in [0.4, 0.5) is 9.80 Å². The predicted molar refractivity (Wildman–Crippen MR) is 112 cm³/mol. The molecule has 10 heteroatoms. The molecule has 150 valence electrons. The maximum absolute atomic E-state index is 12.8. The van der Waals surface area contributed by atoms with E-state index >= 15 is 0 Å². The minimum atomic E-state index is -0.411. The van der Waals surface area contributed by atoms with Gasteiger partial charge >= 0.3 is 6.09 Å². The van der Waals surface area contributed by atoms with Gasteiger partial charge in [0.1, 0.15) is 5.00 Å². The molecule has 3 amide bonds. The number of hydrogen-bond acceptors (Lipinski definition) is 7. The fraction of sp³-hybridized carbons (Fsp3) is 0.263. The first-order valence-corrected chi connectivity index (χ1v) is 10.5. The molecule has 0 saturated heterocycles. The highest BCUT2D eigenvalue weighted by atomic mass is 32.1. The third-order valence-electron chi connectivity index (χ3n) is 4.66. The number of hydrogen-bond donors (Lipinski definition) is 2. The number of methoxy groups -OCH3 is 1.